The van der Waals surface area contributed by atoms with Crippen molar-refractivity contribution in [2.45, 2.75) is 6.10 Å². The van der Waals surface area contributed by atoms with Gasteiger partial charge >= 0.3 is 0 Å². The second-order valence-electron chi connectivity index (χ2n) is 2.72. The summed E-state index contributed by atoms with van der Waals surface area (Å²) in [6, 6.07) is 7.97. The Kier molecular flexibility index (Phi) is 3.09. The number of rotatable bonds is 1. The van der Waals surface area contributed by atoms with E-state index >= 15 is 0 Å². The van der Waals surface area contributed by atoms with Gasteiger partial charge in [-0.1, -0.05) is 30.9 Å². The summed E-state index contributed by atoms with van der Waals surface area (Å²) in [4.78, 5) is 0. The topological polar surface area (TPSA) is 9.23 Å². The molecular weight excluding hydrogens is 176 g/mol. The minimum Gasteiger partial charge on any atom is -0.482 e. The summed E-state index contributed by atoms with van der Waals surface area (Å²) in [5.74, 6) is 0.935. The standard InChI is InChI=1S/C11H10O.H4Si/c1-2-10-8-7-9-5-3-4-6-11(9)12-10;/h2-8,10H,1H2;1H4. The van der Waals surface area contributed by atoms with Crippen LogP contribution < -0.4 is 4.74 Å². The Hall–Kier alpha value is -1.28. The van der Waals surface area contributed by atoms with Crippen LogP contribution in [0.1, 0.15) is 5.56 Å². The van der Waals surface area contributed by atoms with Crippen molar-refractivity contribution in [3.63, 3.8) is 0 Å². The summed E-state index contributed by atoms with van der Waals surface area (Å²) >= 11 is 0. The van der Waals surface area contributed by atoms with Crippen LogP contribution in [0.3, 0.4) is 0 Å². The summed E-state index contributed by atoms with van der Waals surface area (Å²) in [6.45, 7) is 3.68. The molecular formula is C11H14OSi. The van der Waals surface area contributed by atoms with Gasteiger partial charge in [0.1, 0.15) is 11.9 Å². The molecule has 0 saturated carbocycles. The number of fused-ring (bicyclic) bond motifs is 1. The van der Waals surface area contributed by atoms with Crippen molar-refractivity contribution in [3.8, 4) is 5.75 Å². The van der Waals surface area contributed by atoms with Gasteiger partial charge in [-0.25, -0.2) is 0 Å². The van der Waals surface area contributed by atoms with E-state index in [4.69, 9.17) is 4.74 Å². The van der Waals surface area contributed by atoms with E-state index in [1.807, 2.05) is 30.3 Å². The van der Waals surface area contributed by atoms with Crippen LogP contribution in [0.2, 0.25) is 0 Å². The van der Waals surface area contributed by atoms with E-state index in [-0.39, 0.29) is 17.1 Å². The molecule has 1 atom stereocenters. The first kappa shape index (κ1) is 9.80. The van der Waals surface area contributed by atoms with E-state index in [0.717, 1.165) is 11.3 Å². The highest BCUT2D eigenvalue weighted by molar-refractivity contribution is 5.75. The first-order chi connectivity index (χ1) is 5.90. The Bertz CT molecular complexity index is 331. The van der Waals surface area contributed by atoms with Crippen LogP contribution in [0.5, 0.6) is 5.75 Å². The van der Waals surface area contributed by atoms with Crippen molar-refractivity contribution in [2.75, 3.05) is 0 Å². The van der Waals surface area contributed by atoms with Crippen molar-refractivity contribution in [2.24, 2.45) is 0 Å². The lowest BCUT2D eigenvalue weighted by Gasteiger charge is -2.17. The van der Waals surface area contributed by atoms with Crippen molar-refractivity contribution in [1.29, 1.82) is 0 Å². The van der Waals surface area contributed by atoms with Gasteiger partial charge in [-0.3, -0.25) is 0 Å². The summed E-state index contributed by atoms with van der Waals surface area (Å²) in [5.41, 5.74) is 1.13. The molecule has 0 aliphatic carbocycles. The molecule has 0 spiro atoms. The van der Waals surface area contributed by atoms with Crippen LogP contribution in [0.4, 0.5) is 0 Å². The molecule has 0 fully saturated rings. The molecule has 1 aromatic carbocycles. The van der Waals surface area contributed by atoms with E-state index in [1.54, 1.807) is 6.08 Å². The molecule has 1 heterocycles. The SMILES string of the molecule is C=CC1C=Cc2ccccc2O1.[SiH4]. The first-order valence-electron chi connectivity index (χ1n) is 3.96. The fourth-order valence-electron chi connectivity index (χ4n) is 1.24. The van der Waals surface area contributed by atoms with Gasteiger partial charge < -0.3 is 4.74 Å². The molecule has 1 nitrogen and oxygen atoms in total. The maximum Gasteiger partial charge on any atom is 0.135 e. The molecule has 0 bridgehead atoms. The van der Waals surface area contributed by atoms with Crippen LogP contribution in [0, 0.1) is 0 Å². The Morgan fingerprint density at radius 1 is 1.31 bits per heavy atom. The van der Waals surface area contributed by atoms with Crippen molar-refractivity contribution in [1.82, 2.24) is 0 Å². The molecule has 68 valence electrons. The minimum atomic E-state index is 0. The lowest BCUT2D eigenvalue weighted by molar-refractivity contribution is 0.293. The summed E-state index contributed by atoms with van der Waals surface area (Å²) in [7, 11) is 0. The molecule has 1 aliphatic heterocycles. The second kappa shape index (κ2) is 4.10. The van der Waals surface area contributed by atoms with Gasteiger partial charge in [0.15, 0.2) is 0 Å². The zero-order chi connectivity index (χ0) is 8.39. The molecule has 1 unspecified atom stereocenters. The zero-order valence-electron chi connectivity index (χ0n) is 6.73. The van der Waals surface area contributed by atoms with Crippen LogP contribution in [-0.4, -0.2) is 17.1 Å². The van der Waals surface area contributed by atoms with E-state index < -0.39 is 0 Å². The van der Waals surface area contributed by atoms with Crippen molar-refractivity contribution >= 4 is 17.0 Å². The Balaban J connectivity index is 0.000000845. The summed E-state index contributed by atoms with van der Waals surface area (Å²) in [6.07, 6.45) is 5.87. The first-order valence-corrected chi connectivity index (χ1v) is 3.96. The normalized spacial score (nSPS) is 18.0. The van der Waals surface area contributed by atoms with Crippen molar-refractivity contribution < 1.29 is 4.74 Å². The van der Waals surface area contributed by atoms with Crippen LogP contribution >= 0.6 is 0 Å². The van der Waals surface area contributed by atoms with Gasteiger partial charge in [0, 0.05) is 5.56 Å². The predicted molar refractivity (Wildman–Crippen MR) is 61.4 cm³/mol. The van der Waals surface area contributed by atoms with Gasteiger partial charge in [0.2, 0.25) is 0 Å². The monoisotopic (exact) mass is 190 g/mol. The average molecular weight is 190 g/mol. The highest BCUT2D eigenvalue weighted by Gasteiger charge is 2.09. The quantitative estimate of drug-likeness (QED) is 0.477. The highest BCUT2D eigenvalue weighted by atomic mass is 28.1. The molecule has 13 heavy (non-hydrogen) atoms. The van der Waals surface area contributed by atoms with Crippen LogP contribution in [0.15, 0.2) is 43.0 Å². The number of hydrogen-bond donors (Lipinski definition) is 0. The zero-order valence-corrected chi connectivity index (χ0v) is 6.73. The fraction of sp³-hybridized carbons (Fsp3) is 0.0909. The molecule has 0 saturated heterocycles. The predicted octanol–water partition coefficient (Wildman–Crippen LogP) is 1.20. The van der Waals surface area contributed by atoms with E-state index in [2.05, 4.69) is 12.7 Å². The van der Waals surface area contributed by atoms with Crippen LogP contribution in [0.25, 0.3) is 6.08 Å². The number of benzene rings is 1. The molecule has 0 N–H and O–H groups in total. The molecule has 2 rings (SSSR count). The van der Waals surface area contributed by atoms with Gasteiger partial charge in [-0.15, -0.1) is 0 Å². The molecule has 1 aliphatic rings. The Labute approximate surface area is 82.8 Å². The van der Waals surface area contributed by atoms with Crippen LogP contribution in [-0.2, 0) is 0 Å². The maximum absolute atomic E-state index is 5.58. The summed E-state index contributed by atoms with van der Waals surface area (Å²) in [5, 5.41) is 0. The summed E-state index contributed by atoms with van der Waals surface area (Å²) < 4.78 is 5.58. The number of para-hydroxylation sites is 1. The lowest BCUT2D eigenvalue weighted by atomic mass is 10.1. The smallest absolute Gasteiger partial charge is 0.135 e. The highest BCUT2D eigenvalue weighted by Crippen LogP contribution is 2.25. The Morgan fingerprint density at radius 2 is 2.08 bits per heavy atom. The molecule has 2 heteroatoms. The number of ether oxygens (including phenoxy) is 1. The van der Waals surface area contributed by atoms with Gasteiger partial charge in [-0.05, 0) is 29.2 Å². The van der Waals surface area contributed by atoms with Gasteiger partial charge in [0.25, 0.3) is 0 Å². The van der Waals surface area contributed by atoms with E-state index in [9.17, 15) is 0 Å². The third-order valence-electron chi connectivity index (χ3n) is 1.88. The average Bonchev–Trinajstić information content (AvgIpc) is 2.17. The molecule has 0 radical (unpaired) electrons. The van der Waals surface area contributed by atoms with Crippen molar-refractivity contribution in [3.05, 3.63) is 48.6 Å². The maximum atomic E-state index is 5.58. The minimum absolute atomic E-state index is 0. The fourth-order valence-corrected chi connectivity index (χ4v) is 1.24. The third kappa shape index (κ3) is 1.90. The molecule has 0 aromatic heterocycles. The number of hydrogen-bond acceptors (Lipinski definition) is 1. The lowest BCUT2D eigenvalue weighted by Crippen LogP contribution is -2.13. The molecule has 1 aromatic rings. The van der Waals surface area contributed by atoms with Gasteiger partial charge in [0.05, 0.1) is 0 Å². The second-order valence-corrected chi connectivity index (χ2v) is 2.72. The largest absolute Gasteiger partial charge is 0.482 e. The molecule has 0 amide bonds. The van der Waals surface area contributed by atoms with E-state index in [0.29, 0.717) is 0 Å². The Morgan fingerprint density at radius 3 is 2.85 bits per heavy atom. The van der Waals surface area contributed by atoms with E-state index in [1.165, 1.54) is 0 Å². The third-order valence-corrected chi connectivity index (χ3v) is 1.88. The van der Waals surface area contributed by atoms with Gasteiger partial charge in [-0.2, -0.15) is 0 Å².